The lowest BCUT2D eigenvalue weighted by molar-refractivity contribution is -0.116. The third kappa shape index (κ3) is 5.33. The van der Waals surface area contributed by atoms with E-state index in [9.17, 15) is 4.79 Å². The maximum atomic E-state index is 12.2. The quantitative estimate of drug-likeness (QED) is 0.289. The van der Waals surface area contributed by atoms with Crippen LogP contribution in [0.1, 0.15) is 29.9 Å². The number of nitrogens with zero attached hydrogens (tertiary/aromatic N) is 3. The summed E-state index contributed by atoms with van der Waals surface area (Å²) in [6.45, 7) is 3.98. The van der Waals surface area contributed by atoms with Gasteiger partial charge in [0.25, 0.3) is 5.91 Å². The molecular formula is C26H26ClN7O. The van der Waals surface area contributed by atoms with E-state index < -0.39 is 0 Å². The minimum Gasteiger partial charge on any atom is -0.362 e. The summed E-state index contributed by atoms with van der Waals surface area (Å²) in [6.07, 6.45) is 6.49. The molecule has 1 aliphatic rings. The molecule has 1 aliphatic heterocycles. The van der Waals surface area contributed by atoms with E-state index in [4.69, 9.17) is 22.1 Å². The van der Waals surface area contributed by atoms with Gasteiger partial charge in [-0.15, -0.1) is 5.10 Å². The van der Waals surface area contributed by atoms with Gasteiger partial charge in [-0.3, -0.25) is 4.79 Å². The first-order valence-corrected chi connectivity index (χ1v) is 11.5. The van der Waals surface area contributed by atoms with Crippen molar-refractivity contribution in [2.24, 2.45) is 0 Å². The highest BCUT2D eigenvalue weighted by atomic mass is 35.5. The number of hydrogen-bond donors (Lipinski definition) is 4. The average molecular weight is 488 g/mol. The van der Waals surface area contributed by atoms with Crippen LogP contribution in [0.3, 0.4) is 0 Å². The van der Waals surface area contributed by atoms with Crippen LogP contribution in [0.4, 0.5) is 5.82 Å². The average Bonchev–Trinajstić information content (AvgIpc) is 3.28. The number of aromatic nitrogens is 3. The monoisotopic (exact) mass is 487 g/mol. The zero-order valence-corrected chi connectivity index (χ0v) is 20.4. The second-order valence-electron chi connectivity index (χ2n) is 8.01. The van der Waals surface area contributed by atoms with Crippen molar-refractivity contribution in [3.8, 4) is 5.82 Å². The fourth-order valence-electron chi connectivity index (χ4n) is 3.72. The molecule has 4 rings (SSSR count). The summed E-state index contributed by atoms with van der Waals surface area (Å²) < 4.78 is 1.77. The van der Waals surface area contributed by atoms with Gasteiger partial charge < -0.3 is 21.4 Å². The van der Waals surface area contributed by atoms with Gasteiger partial charge in [0, 0.05) is 41.8 Å². The SMILES string of the molecule is CNC(=O)/C(C=N)=C1\C=C(c2cc(NC(C)c3ccc(Cl)cc3)nn2-c2cccc(C)n2)C=CN1. The van der Waals surface area contributed by atoms with Gasteiger partial charge in [-0.05, 0) is 55.8 Å². The molecule has 1 amide bonds. The van der Waals surface area contributed by atoms with E-state index in [1.165, 1.54) is 7.05 Å². The first-order valence-electron chi connectivity index (χ1n) is 11.1. The van der Waals surface area contributed by atoms with E-state index in [0.717, 1.165) is 28.7 Å². The fourth-order valence-corrected chi connectivity index (χ4v) is 3.84. The number of carbonyl (C=O) groups excluding carboxylic acids is 1. The molecule has 0 saturated heterocycles. The molecule has 1 unspecified atom stereocenters. The second kappa shape index (κ2) is 10.4. The molecule has 35 heavy (non-hydrogen) atoms. The molecule has 0 radical (unpaired) electrons. The zero-order valence-electron chi connectivity index (χ0n) is 19.6. The molecule has 0 saturated carbocycles. The molecule has 9 heteroatoms. The molecule has 1 aromatic carbocycles. The van der Waals surface area contributed by atoms with Crippen molar-refractivity contribution in [2.45, 2.75) is 19.9 Å². The summed E-state index contributed by atoms with van der Waals surface area (Å²) in [5.41, 5.74) is 4.28. The maximum Gasteiger partial charge on any atom is 0.254 e. The van der Waals surface area contributed by atoms with E-state index >= 15 is 0 Å². The van der Waals surface area contributed by atoms with E-state index in [0.29, 0.717) is 22.4 Å². The van der Waals surface area contributed by atoms with Gasteiger partial charge in [0.1, 0.15) is 5.82 Å². The summed E-state index contributed by atoms with van der Waals surface area (Å²) in [6, 6.07) is 15.4. The first kappa shape index (κ1) is 24.0. The van der Waals surface area contributed by atoms with Crippen LogP contribution in [0.25, 0.3) is 11.4 Å². The number of dihydropyridines is 1. The summed E-state index contributed by atoms with van der Waals surface area (Å²) >= 11 is 6.04. The molecule has 3 heterocycles. The minimum absolute atomic E-state index is 0.0142. The number of allylic oxidation sites excluding steroid dienone is 3. The van der Waals surface area contributed by atoms with Crippen LogP contribution in [0.2, 0.25) is 5.02 Å². The molecular weight excluding hydrogens is 462 g/mol. The number of hydrogen-bond acceptors (Lipinski definition) is 6. The van der Waals surface area contributed by atoms with Gasteiger partial charge in [-0.2, -0.15) is 0 Å². The maximum absolute atomic E-state index is 12.2. The lowest BCUT2D eigenvalue weighted by Crippen LogP contribution is -2.25. The van der Waals surface area contributed by atoms with Crippen molar-refractivity contribution < 1.29 is 4.79 Å². The van der Waals surface area contributed by atoms with Gasteiger partial charge in [-0.25, -0.2) is 9.67 Å². The lowest BCUT2D eigenvalue weighted by Gasteiger charge is -2.15. The molecule has 4 N–H and O–H groups in total. The normalized spacial score (nSPS) is 15.0. The van der Waals surface area contributed by atoms with E-state index in [1.54, 1.807) is 10.9 Å². The van der Waals surface area contributed by atoms with E-state index in [2.05, 4.69) is 27.9 Å². The number of aryl methyl sites for hydroxylation is 1. The van der Waals surface area contributed by atoms with Gasteiger partial charge in [0.2, 0.25) is 0 Å². The van der Waals surface area contributed by atoms with Crippen LogP contribution >= 0.6 is 11.6 Å². The molecule has 3 aromatic rings. The van der Waals surface area contributed by atoms with Crippen LogP contribution in [-0.2, 0) is 4.79 Å². The topological polar surface area (TPSA) is 108 Å². The Balaban J connectivity index is 1.78. The number of halogens is 1. The highest BCUT2D eigenvalue weighted by molar-refractivity contribution is 6.30. The van der Waals surface area contributed by atoms with Gasteiger partial charge in [-0.1, -0.05) is 29.8 Å². The third-order valence-corrected chi connectivity index (χ3v) is 5.79. The highest BCUT2D eigenvalue weighted by Crippen LogP contribution is 2.28. The Hall–Kier alpha value is -4.17. The Kier molecular flexibility index (Phi) is 7.12. The minimum atomic E-state index is -0.346. The number of anilines is 1. The number of rotatable bonds is 7. The largest absolute Gasteiger partial charge is 0.362 e. The Bertz CT molecular complexity index is 1350. The zero-order chi connectivity index (χ0) is 24.9. The van der Waals surface area contributed by atoms with Crippen LogP contribution in [0.15, 0.2) is 78.2 Å². The smallest absolute Gasteiger partial charge is 0.254 e. The number of pyridine rings is 1. The van der Waals surface area contributed by atoms with Gasteiger partial charge in [0.05, 0.1) is 23.0 Å². The fraction of sp³-hybridized carbons (Fsp3) is 0.154. The van der Waals surface area contributed by atoms with E-state index in [-0.39, 0.29) is 17.5 Å². The highest BCUT2D eigenvalue weighted by Gasteiger charge is 2.19. The predicted octanol–water partition coefficient (Wildman–Crippen LogP) is 4.55. The van der Waals surface area contributed by atoms with Gasteiger partial charge >= 0.3 is 0 Å². The summed E-state index contributed by atoms with van der Waals surface area (Å²) in [7, 11) is 1.54. The van der Waals surface area contributed by atoms with E-state index in [1.807, 2.05) is 67.6 Å². The molecule has 0 bridgehead atoms. The Morgan fingerprint density at radius 1 is 1.23 bits per heavy atom. The Morgan fingerprint density at radius 2 is 2.00 bits per heavy atom. The van der Waals surface area contributed by atoms with Crippen LogP contribution in [0, 0.1) is 12.3 Å². The molecule has 178 valence electrons. The molecule has 2 aromatic heterocycles. The molecule has 8 nitrogen and oxygen atoms in total. The Labute approximate surface area is 208 Å². The van der Waals surface area contributed by atoms with Gasteiger partial charge in [0.15, 0.2) is 5.82 Å². The number of nitrogens with one attached hydrogen (secondary N) is 4. The van der Waals surface area contributed by atoms with Crippen molar-refractivity contribution >= 4 is 35.1 Å². The first-order chi connectivity index (χ1) is 16.9. The molecule has 1 atom stereocenters. The molecule has 0 aliphatic carbocycles. The molecule has 0 fully saturated rings. The number of carbonyl (C=O) groups is 1. The van der Waals surface area contributed by atoms with Crippen LogP contribution in [-0.4, -0.2) is 33.9 Å². The molecule has 0 spiro atoms. The summed E-state index contributed by atoms with van der Waals surface area (Å²) in [5.74, 6) is 0.994. The summed E-state index contributed by atoms with van der Waals surface area (Å²) in [5, 5.41) is 22.3. The standard InChI is InChI=1S/C26H26ClN7O/c1-16-5-4-6-25(31-16)34-23(19-11-12-30-22(13-19)21(15-28)26(35)29-3)14-24(33-34)32-17(2)18-7-9-20(27)10-8-18/h4-15,17,28,30H,1-3H3,(H,29,35)(H,32,33)/b22-21+,28-15?. The van der Waals surface area contributed by atoms with Crippen molar-refractivity contribution in [1.82, 2.24) is 25.4 Å². The number of amides is 1. The van der Waals surface area contributed by atoms with Crippen molar-refractivity contribution in [1.29, 1.82) is 5.41 Å². The van der Waals surface area contributed by atoms with Crippen molar-refractivity contribution in [3.63, 3.8) is 0 Å². The number of likely N-dealkylation sites (N-methyl/N-ethyl adjacent to an activating group) is 1. The van der Waals surface area contributed by atoms with Crippen molar-refractivity contribution in [3.05, 3.63) is 100 Å². The van der Waals surface area contributed by atoms with Crippen LogP contribution in [0.5, 0.6) is 0 Å². The summed E-state index contributed by atoms with van der Waals surface area (Å²) in [4.78, 5) is 16.9. The lowest BCUT2D eigenvalue weighted by atomic mass is 10.1. The van der Waals surface area contributed by atoms with Crippen LogP contribution < -0.4 is 16.0 Å². The number of benzene rings is 1. The Morgan fingerprint density at radius 3 is 2.69 bits per heavy atom. The third-order valence-electron chi connectivity index (χ3n) is 5.54. The van der Waals surface area contributed by atoms with Crippen molar-refractivity contribution in [2.75, 3.05) is 12.4 Å². The predicted molar refractivity (Wildman–Crippen MR) is 140 cm³/mol. The second-order valence-corrected chi connectivity index (χ2v) is 8.45.